The molecule has 3 heteroatoms. The van der Waals surface area contributed by atoms with Crippen molar-refractivity contribution in [2.24, 2.45) is 0 Å². The van der Waals surface area contributed by atoms with Crippen LogP contribution in [0.1, 0.15) is 12.0 Å². The Labute approximate surface area is 105 Å². The molecule has 0 aromatic heterocycles. The van der Waals surface area contributed by atoms with Crippen LogP contribution < -0.4 is 0 Å². The van der Waals surface area contributed by atoms with E-state index in [9.17, 15) is 4.79 Å². The summed E-state index contributed by atoms with van der Waals surface area (Å²) in [6.45, 7) is 0. The first-order chi connectivity index (χ1) is 8.19. The molecule has 0 aliphatic rings. The zero-order valence-electron chi connectivity index (χ0n) is 9.64. The zero-order chi connectivity index (χ0) is 12.3. The lowest BCUT2D eigenvalue weighted by Crippen LogP contribution is -1.97. The van der Waals surface area contributed by atoms with Crippen molar-refractivity contribution in [3.8, 4) is 0 Å². The Kier molecular flexibility index (Phi) is 3.69. The molecule has 0 saturated carbocycles. The normalized spacial score (nSPS) is 10.6. The van der Waals surface area contributed by atoms with E-state index in [1.807, 2.05) is 6.07 Å². The van der Waals surface area contributed by atoms with Crippen molar-refractivity contribution < 1.29 is 9.90 Å². The molecular formula is C14H14O2S. The van der Waals surface area contributed by atoms with Crippen LogP contribution in [0, 0.1) is 0 Å². The fourth-order valence-electron chi connectivity index (χ4n) is 1.81. The number of hydrogen-bond acceptors (Lipinski definition) is 2. The number of rotatable bonds is 4. The third-order valence-electron chi connectivity index (χ3n) is 2.74. The maximum absolute atomic E-state index is 10.5. The number of carbonyl (C=O) groups is 1. The highest BCUT2D eigenvalue weighted by Gasteiger charge is 2.01. The van der Waals surface area contributed by atoms with Gasteiger partial charge in [-0.1, -0.05) is 24.3 Å². The van der Waals surface area contributed by atoms with Crippen LogP contribution in [-0.2, 0) is 11.2 Å². The Morgan fingerprint density at radius 1 is 1.18 bits per heavy atom. The van der Waals surface area contributed by atoms with Gasteiger partial charge in [0.15, 0.2) is 0 Å². The van der Waals surface area contributed by atoms with Crippen LogP contribution in [0.2, 0.25) is 0 Å². The quantitative estimate of drug-likeness (QED) is 0.838. The molecule has 0 unspecified atom stereocenters. The standard InChI is InChI=1S/C14H14O2S/c1-17-13-6-5-11-8-10(3-7-14(15)16)2-4-12(11)9-13/h2,4-6,8-9H,3,7H2,1H3,(H,15,16). The molecule has 0 spiro atoms. The van der Waals surface area contributed by atoms with Gasteiger partial charge in [-0.15, -0.1) is 11.8 Å². The van der Waals surface area contributed by atoms with E-state index in [0.29, 0.717) is 6.42 Å². The highest BCUT2D eigenvalue weighted by molar-refractivity contribution is 7.98. The van der Waals surface area contributed by atoms with Crippen molar-refractivity contribution in [1.82, 2.24) is 0 Å². The molecule has 88 valence electrons. The second kappa shape index (κ2) is 5.23. The van der Waals surface area contributed by atoms with Gasteiger partial charge in [-0.25, -0.2) is 0 Å². The van der Waals surface area contributed by atoms with Crippen LogP contribution in [0.3, 0.4) is 0 Å². The van der Waals surface area contributed by atoms with E-state index < -0.39 is 5.97 Å². The van der Waals surface area contributed by atoms with Crippen LogP contribution in [0.15, 0.2) is 41.3 Å². The smallest absolute Gasteiger partial charge is 0.303 e. The Morgan fingerprint density at radius 2 is 1.88 bits per heavy atom. The highest BCUT2D eigenvalue weighted by atomic mass is 32.2. The summed E-state index contributed by atoms with van der Waals surface area (Å²) in [4.78, 5) is 11.8. The largest absolute Gasteiger partial charge is 0.481 e. The lowest BCUT2D eigenvalue weighted by atomic mass is 10.0. The lowest BCUT2D eigenvalue weighted by Gasteiger charge is -2.04. The van der Waals surface area contributed by atoms with Crippen molar-refractivity contribution in [3.05, 3.63) is 42.0 Å². The molecule has 0 aliphatic heterocycles. The zero-order valence-corrected chi connectivity index (χ0v) is 10.5. The second-order valence-corrected chi connectivity index (χ2v) is 4.82. The van der Waals surface area contributed by atoms with Crippen LogP contribution in [-0.4, -0.2) is 17.3 Å². The molecule has 0 aliphatic carbocycles. The van der Waals surface area contributed by atoms with E-state index in [2.05, 4.69) is 36.6 Å². The van der Waals surface area contributed by atoms with Crippen LogP contribution in [0.5, 0.6) is 0 Å². The minimum absolute atomic E-state index is 0.189. The SMILES string of the molecule is CSc1ccc2cc(CCC(=O)O)ccc2c1. The summed E-state index contributed by atoms with van der Waals surface area (Å²) in [6.07, 6.45) is 2.84. The lowest BCUT2D eigenvalue weighted by molar-refractivity contribution is -0.136. The predicted molar refractivity (Wildman–Crippen MR) is 71.7 cm³/mol. The van der Waals surface area contributed by atoms with Crippen molar-refractivity contribution >= 4 is 28.5 Å². The summed E-state index contributed by atoms with van der Waals surface area (Å²) in [7, 11) is 0. The van der Waals surface area contributed by atoms with Gasteiger partial charge in [0.1, 0.15) is 0 Å². The topological polar surface area (TPSA) is 37.3 Å². The molecule has 0 amide bonds. The number of carboxylic acids is 1. The average molecular weight is 246 g/mol. The summed E-state index contributed by atoms with van der Waals surface area (Å²) >= 11 is 1.72. The first-order valence-corrected chi connectivity index (χ1v) is 6.70. The molecule has 17 heavy (non-hydrogen) atoms. The summed E-state index contributed by atoms with van der Waals surface area (Å²) < 4.78 is 0. The van der Waals surface area contributed by atoms with Gasteiger partial charge in [-0.05, 0) is 41.1 Å². The van der Waals surface area contributed by atoms with Crippen molar-refractivity contribution in [2.45, 2.75) is 17.7 Å². The maximum atomic E-state index is 10.5. The minimum Gasteiger partial charge on any atom is -0.481 e. The molecule has 2 aromatic rings. The van der Waals surface area contributed by atoms with E-state index in [-0.39, 0.29) is 6.42 Å². The van der Waals surface area contributed by atoms with Crippen LogP contribution >= 0.6 is 11.8 Å². The molecule has 0 radical (unpaired) electrons. The first kappa shape index (κ1) is 12.0. The average Bonchev–Trinajstić information content (AvgIpc) is 2.35. The summed E-state index contributed by atoms with van der Waals surface area (Å²) in [5.41, 5.74) is 1.08. The van der Waals surface area contributed by atoms with Gasteiger partial charge in [0.25, 0.3) is 0 Å². The minimum atomic E-state index is -0.747. The molecule has 0 atom stereocenters. The van der Waals surface area contributed by atoms with Gasteiger partial charge < -0.3 is 5.11 Å². The molecule has 0 bridgehead atoms. The van der Waals surface area contributed by atoms with Crippen LogP contribution in [0.25, 0.3) is 10.8 Å². The Bertz CT molecular complexity index is 549. The summed E-state index contributed by atoms with van der Waals surface area (Å²) in [5, 5.41) is 11.0. The monoisotopic (exact) mass is 246 g/mol. The maximum Gasteiger partial charge on any atom is 0.303 e. The van der Waals surface area contributed by atoms with Gasteiger partial charge in [0.05, 0.1) is 0 Å². The number of carboxylic acid groups (broad SMARTS) is 1. The van der Waals surface area contributed by atoms with Gasteiger partial charge >= 0.3 is 5.97 Å². The molecular weight excluding hydrogens is 232 g/mol. The molecule has 1 N–H and O–H groups in total. The summed E-state index contributed by atoms with van der Waals surface area (Å²) in [5.74, 6) is -0.747. The van der Waals surface area contributed by atoms with Crippen LogP contribution in [0.4, 0.5) is 0 Å². The van der Waals surface area contributed by atoms with Crippen molar-refractivity contribution in [1.29, 1.82) is 0 Å². The third kappa shape index (κ3) is 3.01. The number of thioether (sulfide) groups is 1. The molecule has 2 aromatic carbocycles. The number of hydrogen-bond donors (Lipinski definition) is 1. The first-order valence-electron chi connectivity index (χ1n) is 5.47. The molecule has 2 rings (SSSR count). The Hall–Kier alpha value is -1.48. The van der Waals surface area contributed by atoms with E-state index in [1.54, 1.807) is 11.8 Å². The van der Waals surface area contributed by atoms with Gasteiger partial charge in [-0.3, -0.25) is 4.79 Å². The van der Waals surface area contributed by atoms with E-state index in [0.717, 1.165) is 5.56 Å². The highest BCUT2D eigenvalue weighted by Crippen LogP contribution is 2.23. The van der Waals surface area contributed by atoms with E-state index in [1.165, 1.54) is 15.7 Å². The number of aryl methyl sites for hydroxylation is 1. The van der Waals surface area contributed by atoms with Gasteiger partial charge in [0.2, 0.25) is 0 Å². The Balaban J connectivity index is 2.28. The van der Waals surface area contributed by atoms with E-state index in [4.69, 9.17) is 5.11 Å². The van der Waals surface area contributed by atoms with Crippen molar-refractivity contribution in [3.63, 3.8) is 0 Å². The second-order valence-electron chi connectivity index (χ2n) is 3.94. The number of aliphatic carboxylic acids is 1. The van der Waals surface area contributed by atoms with Crippen molar-refractivity contribution in [2.75, 3.05) is 6.26 Å². The van der Waals surface area contributed by atoms with Gasteiger partial charge in [0, 0.05) is 11.3 Å². The fourth-order valence-corrected chi connectivity index (χ4v) is 2.26. The molecule has 0 saturated heterocycles. The molecule has 0 fully saturated rings. The third-order valence-corrected chi connectivity index (χ3v) is 3.46. The molecule has 2 nitrogen and oxygen atoms in total. The molecule has 0 heterocycles. The van der Waals surface area contributed by atoms with E-state index >= 15 is 0 Å². The summed E-state index contributed by atoms with van der Waals surface area (Å²) in [6, 6.07) is 12.5. The Morgan fingerprint density at radius 3 is 2.59 bits per heavy atom. The number of fused-ring (bicyclic) bond motifs is 1. The van der Waals surface area contributed by atoms with Gasteiger partial charge in [-0.2, -0.15) is 0 Å². The number of benzene rings is 2. The fraction of sp³-hybridized carbons (Fsp3) is 0.214. The predicted octanol–water partition coefficient (Wildman–Crippen LogP) is 3.58.